The largest absolute Gasteiger partial charge is 0.482 e. The third-order valence-corrected chi connectivity index (χ3v) is 2.34. The quantitative estimate of drug-likeness (QED) is 0.771. The van der Waals surface area contributed by atoms with E-state index in [9.17, 15) is 9.59 Å². The van der Waals surface area contributed by atoms with Crippen LogP contribution in [0.25, 0.3) is 0 Å². The van der Waals surface area contributed by atoms with Crippen molar-refractivity contribution in [3.8, 4) is 5.75 Å². The average molecular weight is 279 g/mol. The summed E-state index contributed by atoms with van der Waals surface area (Å²) < 4.78 is 9.90. The van der Waals surface area contributed by atoms with Crippen molar-refractivity contribution >= 4 is 12.1 Å². The van der Waals surface area contributed by atoms with E-state index in [4.69, 9.17) is 14.6 Å². The lowest BCUT2D eigenvalue weighted by Gasteiger charge is -2.16. The first kappa shape index (κ1) is 15.6. The highest BCUT2D eigenvalue weighted by atomic mass is 16.6. The highest BCUT2D eigenvalue weighted by molar-refractivity contribution is 5.68. The van der Waals surface area contributed by atoms with Crippen molar-refractivity contribution in [1.29, 1.82) is 0 Å². The van der Waals surface area contributed by atoms with Gasteiger partial charge in [0.05, 0.1) is 0 Å². The van der Waals surface area contributed by atoms with Gasteiger partial charge < -0.3 is 19.5 Å². The summed E-state index contributed by atoms with van der Waals surface area (Å²) in [4.78, 5) is 23.3. The zero-order valence-electron chi connectivity index (χ0n) is 11.2. The number of carboxylic acid groups (broad SMARTS) is 1. The second-order valence-electron chi connectivity index (χ2n) is 4.05. The van der Waals surface area contributed by atoms with Gasteiger partial charge >= 0.3 is 12.1 Å². The number of rotatable bonds is 7. The predicted octanol–water partition coefficient (Wildman–Crippen LogP) is 1.90. The smallest absolute Gasteiger partial charge is 0.410 e. The minimum Gasteiger partial charge on any atom is -0.482 e. The van der Waals surface area contributed by atoms with E-state index in [2.05, 4.69) is 6.58 Å². The number of carbonyl (C=O) groups is 2. The van der Waals surface area contributed by atoms with Crippen molar-refractivity contribution in [1.82, 2.24) is 4.90 Å². The van der Waals surface area contributed by atoms with E-state index >= 15 is 0 Å². The van der Waals surface area contributed by atoms with Crippen LogP contribution in [0.1, 0.15) is 5.56 Å². The lowest BCUT2D eigenvalue weighted by molar-refractivity contribution is -0.139. The molecular formula is C14H17NO5. The molecule has 0 fully saturated rings. The third kappa shape index (κ3) is 5.43. The predicted molar refractivity (Wildman–Crippen MR) is 72.6 cm³/mol. The minimum absolute atomic E-state index is 0.172. The van der Waals surface area contributed by atoms with Crippen molar-refractivity contribution in [2.45, 2.75) is 6.54 Å². The van der Waals surface area contributed by atoms with Crippen LogP contribution < -0.4 is 4.74 Å². The van der Waals surface area contributed by atoms with Crippen molar-refractivity contribution < 1.29 is 24.2 Å². The third-order valence-electron chi connectivity index (χ3n) is 2.34. The maximum atomic E-state index is 11.5. The maximum Gasteiger partial charge on any atom is 0.410 e. The first-order chi connectivity index (χ1) is 9.52. The number of carboxylic acids is 1. The van der Waals surface area contributed by atoms with Crippen molar-refractivity contribution in [3.63, 3.8) is 0 Å². The number of carbonyl (C=O) groups excluding carboxylic acids is 1. The summed E-state index contributed by atoms with van der Waals surface area (Å²) in [5.74, 6) is -0.563. The summed E-state index contributed by atoms with van der Waals surface area (Å²) >= 11 is 0. The van der Waals surface area contributed by atoms with E-state index < -0.39 is 12.1 Å². The van der Waals surface area contributed by atoms with E-state index in [1.165, 1.54) is 11.0 Å². The van der Waals surface area contributed by atoms with Gasteiger partial charge in [0.25, 0.3) is 0 Å². The van der Waals surface area contributed by atoms with Crippen LogP contribution in [-0.4, -0.2) is 42.3 Å². The summed E-state index contributed by atoms with van der Waals surface area (Å²) in [6.45, 7) is 3.64. The van der Waals surface area contributed by atoms with E-state index in [0.29, 0.717) is 12.3 Å². The number of nitrogens with zero attached hydrogens (tertiary/aromatic N) is 1. The second kappa shape index (κ2) is 7.83. The van der Waals surface area contributed by atoms with Crippen molar-refractivity contribution in [2.24, 2.45) is 0 Å². The van der Waals surface area contributed by atoms with Crippen molar-refractivity contribution in [3.05, 3.63) is 42.5 Å². The molecule has 0 unspecified atom stereocenters. The Kier molecular flexibility index (Phi) is 6.09. The lowest BCUT2D eigenvalue weighted by atomic mass is 10.2. The molecule has 1 rings (SSSR count). The molecule has 1 aromatic carbocycles. The fourth-order valence-electron chi connectivity index (χ4n) is 1.41. The van der Waals surface area contributed by atoms with Crippen LogP contribution in [0.3, 0.4) is 0 Å². The van der Waals surface area contributed by atoms with Gasteiger partial charge in [0.1, 0.15) is 12.4 Å². The van der Waals surface area contributed by atoms with Crippen LogP contribution >= 0.6 is 0 Å². The number of ether oxygens (including phenoxy) is 2. The normalized spacial score (nSPS) is 9.65. The van der Waals surface area contributed by atoms with Gasteiger partial charge in [0.2, 0.25) is 0 Å². The second-order valence-corrected chi connectivity index (χ2v) is 4.05. The molecule has 0 saturated heterocycles. The zero-order chi connectivity index (χ0) is 15.0. The van der Waals surface area contributed by atoms with E-state index in [-0.39, 0.29) is 13.2 Å². The highest BCUT2D eigenvalue weighted by Gasteiger charge is 2.09. The highest BCUT2D eigenvalue weighted by Crippen LogP contribution is 2.13. The van der Waals surface area contributed by atoms with Gasteiger partial charge in [-0.3, -0.25) is 0 Å². The van der Waals surface area contributed by atoms with Crippen LogP contribution in [0.4, 0.5) is 4.79 Å². The van der Waals surface area contributed by atoms with Gasteiger partial charge in [-0.25, -0.2) is 9.59 Å². The molecule has 1 aromatic rings. The van der Waals surface area contributed by atoms with Crippen LogP contribution in [-0.2, 0) is 16.1 Å². The molecule has 6 nitrogen and oxygen atoms in total. The topological polar surface area (TPSA) is 76.1 Å². The summed E-state index contributed by atoms with van der Waals surface area (Å²) in [6.07, 6.45) is 1.07. The Labute approximate surface area is 117 Å². The molecule has 1 N–H and O–H groups in total. The molecule has 0 bridgehead atoms. The van der Waals surface area contributed by atoms with E-state index in [1.807, 2.05) is 0 Å². The summed E-state index contributed by atoms with van der Waals surface area (Å²) in [7, 11) is 1.63. The molecule has 0 aliphatic carbocycles. The Bertz CT molecular complexity index is 469. The first-order valence-electron chi connectivity index (χ1n) is 5.95. The van der Waals surface area contributed by atoms with Gasteiger partial charge in [-0.2, -0.15) is 0 Å². The van der Waals surface area contributed by atoms with E-state index in [0.717, 1.165) is 5.56 Å². The van der Waals surface area contributed by atoms with Gasteiger partial charge in [-0.1, -0.05) is 24.8 Å². The summed E-state index contributed by atoms with van der Waals surface area (Å²) in [5, 5.41) is 8.49. The number of hydrogen-bond acceptors (Lipinski definition) is 4. The number of benzene rings is 1. The zero-order valence-corrected chi connectivity index (χ0v) is 11.2. The molecular weight excluding hydrogens is 262 g/mol. The molecule has 0 aromatic heterocycles. The number of hydrogen-bond donors (Lipinski definition) is 1. The number of aliphatic carboxylic acids is 1. The average Bonchev–Trinajstić information content (AvgIpc) is 2.43. The molecule has 0 spiro atoms. The summed E-state index contributed by atoms with van der Waals surface area (Å²) in [6, 6.07) is 6.82. The van der Waals surface area contributed by atoms with Crippen LogP contribution in [0, 0.1) is 0 Å². The summed E-state index contributed by atoms with van der Waals surface area (Å²) in [5.41, 5.74) is 0.880. The van der Waals surface area contributed by atoms with Gasteiger partial charge in [0, 0.05) is 13.6 Å². The van der Waals surface area contributed by atoms with Crippen LogP contribution in [0.5, 0.6) is 5.75 Å². The molecule has 0 radical (unpaired) electrons. The van der Waals surface area contributed by atoms with Crippen molar-refractivity contribution in [2.75, 3.05) is 20.3 Å². The monoisotopic (exact) mass is 279 g/mol. The Morgan fingerprint density at radius 3 is 2.55 bits per heavy atom. The molecule has 0 aliphatic heterocycles. The Balaban J connectivity index is 2.50. The SMILES string of the molecule is C=CCOC(=O)N(C)Cc1ccc(OCC(=O)O)cc1. The number of amides is 1. The Morgan fingerprint density at radius 2 is 2.00 bits per heavy atom. The van der Waals surface area contributed by atoms with Gasteiger partial charge in [-0.15, -0.1) is 0 Å². The van der Waals surface area contributed by atoms with E-state index in [1.54, 1.807) is 31.3 Å². The molecule has 0 atom stereocenters. The molecule has 0 saturated carbocycles. The van der Waals surface area contributed by atoms with Gasteiger partial charge in [0.15, 0.2) is 6.61 Å². The van der Waals surface area contributed by atoms with Crippen LogP contribution in [0.2, 0.25) is 0 Å². The first-order valence-corrected chi connectivity index (χ1v) is 5.95. The fourth-order valence-corrected chi connectivity index (χ4v) is 1.41. The molecule has 6 heteroatoms. The maximum absolute atomic E-state index is 11.5. The molecule has 108 valence electrons. The standard InChI is InChI=1S/C14H17NO5/c1-3-8-19-14(18)15(2)9-11-4-6-12(7-5-11)20-10-13(16)17/h3-7H,1,8-10H2,2H3,(H,16,17). The van der Waals surface area contributed by atoms with Crippen LogP contribution in [0.15, 0.2) is 36.9 Å². The molecule has 1 amide bonds. The molecule has 20 heavy (non-hydrogen) atoms. The van der Waals surface area contributed by atoms with Gasteiger partial charge in [-0.05, 0) is 17.7 Å². The lowest BCUT2D eigenvalue weighted by Crippen LogP contribution is -2.26. The Hall–Kier alpha value is -2.50. The fraction of sp³-hybridized carbons (Fsp3) is 0.286. The Morgan fingerprint density at radius 1 is 1.35 bits per heavy atom. The molecule has 0 heterocycles. The minimum atomic E-state index is -1.03. The molecule has 0 aliphatic rings.